The second kappa shape index (κ2) is 5.97. The summed E-state index contributed by atoms with van der Waals surface area (Å²) in [6, 6.07) is 10.7. The third-order valence-electron chi connectivity index (χ3n) is 2.65. The van der Waals surface area contributed by atoms with Gasteiger partial charge in [0.1, 0.15) is 5.69 Å². The van der Waals surface area contributed by atoms with Crippen molar-refractivity contribution in [2.24, 2.45) is 0 Å². The molecule has 0 radical (unpaired) electrons. The number of aliphatic hydroxyl groups excluding tert-OH is 1. The quantitative estimate of drug-likeness (QED) is 0.762. The Kier molecular flexibility index (Phi) is 4.10. The van der Waals surface area contributed by atoms with Gasteiger partial charge in [-0.15, -0.1) is 0 Å². The second-order valence-electron chi connectivity index (χ2n) is 4.07. The van der Waals surface area contributed by atoms with Gasteiger partial charge < -0.3 is 15.5 Å². The lowest BCUT2D eigenvalue weighted by molar-refractivity contribution is 0.0690. The molecule has 5 heteroatoms. The van der Waals surface area contributed by atoms with E-state index in [1.807, 2.05) is 24.3 Å². The van der Waals surface area contributed by atoms with Crippen molar-refractivity contribution in [3.63, 3.8) is 0 Å². The van der Waals surface area contributed by atoms with Gasteiger partial charge in [0.2, 0.25) is 0 Å². The van der Waals surface area contributed by atoms with Crippen molar-refractivity contribution < 1.29 is 15.0 Å². The molecule has 2 aromatic rings. The van der Waals surface area contributed by atoms with Crippen LogP contribution in [0.2, 0.25) is 0 Å². The van der Waals surface area contributed by atoms with Gasteiger partial charge in [-0.3, -0.25) is 0 Å². The van der Waals surface area contributed by atoms with Crippen molar-refractivity contribution in [3.05, 3.63) is 59.4 Å². The van der Waals surface area contributed by atoms with E-state index in [0.717, 1.165) is 16.8 Å². The van der Waals surface area contributed by atoms with Crippen LogP contribution in [0.4, 0.5) is 5.69 Å². The van der Waals surface area contributed by atoms with Crippen LogP contribution in [-0.2, 0) is 13.2 Å². The average molecular weight is 258 g/mol. The summed E-state index contributed by atoms with van der Waals surface area (Å²) in [5, 5.41) is 20.9. The molecule has 0 aliphatic carbocycles. The minimum atomic E-state index is -1.04. The number of pyridine rings is 1. The minimum Gasteiger partial charge on any atom is -0.477 e. The fourth-order valence-electron chi connectivity index (χ4n) is 1.67. The highest BCUT2D eigenvalue weighted by Crippen LogP contribution is 2.10. The van der Waals surface area contributed by atoms with E-state index in [-0.39, 0.29) is 12.3 Å². The molecular formula is C14H14N2O3. The van der Waals surface area contributed by atoms with Crippen LogP contribution in [0.1, 0.15) is 21.6 Å². The number of carboxylic acids is 1. The van der Waals surface area contributed by atoms with Crippen LogP contribution in [0.15, 0.2) is 42.6 Å². The average Bonchev–Trinajstić information content (AvgIpc) is 2.46. The Labute approximate surface area is 110 Å². The maximum Gasteiger partial charge on any atom is 0.354 e. The fourth-order valence-corrected chi connectivity index (χ4v) is 1.67. The van der Waals surface area contributed by atoms with E-state index in [1.54, 1.807) is 6.07 Å². The molecule has 0 aliphatic rings. The Morgan fingerprint density at radius 1 is 1.21 bits per heavy atom. The van der Waals surface area contributed by atoms with Crippen LogP contribution in [0, 0.1) is 0 Å². The molecule has 0 spiro atoms. The largest absolute Gasteiger partial charge is 0.477 e. The Hall–Kier alpha value is -2.40. The molecule has 1 aromatic heterocycles. The van der Waals surface area contributed by atoms with Gasteiger partial charge in [-0.2, -0.15) is 0 Å². The molecule has 5 nitrogen and oxygen atoms in total. The summed E-state index contributed by atoms with van der Waals surface area (Å²) in [4.78, 5) is 14.5. The van der Waals surface area contributed by atoms with Crippen molar-refractivity contribution in [1.29, 1.82) is 0 Å². The van der Waals surface area contributed by atoms with Crippen LogP contribution < -0.4 is 5.32 Å². The molecular weight excluding hydrogens is 244 g/mol. The Morgan fingerprint density at radius 3 is 2.63 bits per heavy atom. The first-order valence-corrected chi connectivity index (χ1v) is 5.81. The highest BCUT2D eigenvalue weighted by atomic mass is 16.4. The molecule has 0 bridgehead atoms. The summed E-state index contributed by atoms with van der Waals surface area (Å²) in [6.07, 6.45) is 1.49. The van der Waals surface area contributed by atoms with Crippen LogP contribution in [0.3, 0.4) is 0 Å². The van der Waals surface area contributed by atoms with Gasteiger partial charge in [0.05, 0.1) is 18.5 Å². The first-order valence-electron chi connectivity index (χ1n) is 5.81. The van der Waals surface area contributed by atoms with Crippen LogP contribution >= 0.6 is 0 Å². The van der Waals surface area contributed by atoms with Crippen molar-refractivity contribution in [3.8, 4) is 0 Å². The Bertz CT molecular complexity index is 567. The predicted octanol–water partition coefficient (Wildman–Crippen LogP) is 1.88. The summed E-state index contributed by atoms with van der Waals surface area (Å²) in [5.74, 6) is -1.04. The van der Waals surface area contributed by atoms with Gasteiger partial charge in [0.15, 0.2) is 0 Å². The second-order valence-corrected chi connectivity index (χ2v) is 4.07. The maximum atomic E-state index is 10.7. The van der Waals surface area contributed by atoms with E-state index in [9.17, 15) is 4.79 Å². The van der Waals surface area contributed by atoms with E-state index in [0.29, 0.717) is 6.54 Å². The number of carbonyl (C=O) groups is 1. The Balaban J connectivity index is 1.99. The van der Waals surface area contributed by atoms with E-state index < -0.39 is 5.97 Å². The number of rotatable bonds is 5. The normalized spacial score (nSPS) is 10.2. The van der Waals surface area contributed by atoms with Crippen LogP contribution in [-0.4, -0.2) is 21.2 Å². The number of anilines is 1. The molecule has 0 saturated heterocycles. The lowest BCUT2D eigenvalue weighted by Gasteiger charge is -2.07. The predicted molar refractivity (Wildman–Crippen MR) is 70.9 cm³/mol. The topological polar surface area (TPSA) is 82.5 Å². The molecule has 0 amide bonds. The number of aromatic carboxylic acids is 1. The Morgan fingerprint density at radius 2 is 2.00 bits per heavy atom. The van der Waals surface area contributed by atoms with Gasteiger partial charge in [0, 0.05) is 6.54 Å². The molecule has 3 N–H and O–H groups in total. The smallest absolute Gasteiger partial charge is 0.354 e. The summed E-state index contributed by atoms with van der Waals surface area (Å²) in [7, 11) is 0. The number of aromatic nitrogens is 1. The standard InChI is InChI=1S/C14H14N2O3/c17-9-11-3-1-2-10(6-11)7-15-12-4-5-13(14(18)19)16-8-12/h1-6,8,15,17H,7,9H2,(H,18,19). The van der Waals surface area contributed by atoms with Crippen molar-refractivity contribution >= 4 is 11.7 Å². The fraction of sp³-hybridized carbons (Fsp3) is 0.143. The number of hydrogen-bond donors (Lipinski definition) is 3. The van der Waals surface area contributed by atoms with Crippen molar-refractivity contribution in [1.82, 2.24) is 4.98 Å². The van der Waals surface area contributed by atoms with Gasteiger partial charge in [-0.05, 0) is 23.3 Å². The van der Waals surface area contributed by atoms with E-state index in [1.165, 1.54) is 12.3 Å². The maximum absolute atomic E-state index is 10.7. The molecule has 0 fully saturated rings. The van der Waals surface area contributed by atoms with E-state index in [4.69, 9.17) is 10.2 Å². The van der Waals surface area contributed by atoms with Crippen LogP contribution in [0.25, 0.3) is 0 Å². The monoisotopic (exact) mass is 258 g/mol. The third-order valence-corrected chi connectivity index (χ3v) is 2.65. The summed E-state index contributed by atoms with van der Waals surface area (Å²) in [5.41, 5.74) is 2.67. The lowest BCUT2D eigenvalue weighted by atomic mass is 10.1. The zero-order chi connectivity index (χ0) is 13.7. The third kappa shape index (κ3) is 3.53. The number of nitrogens with one attached hydrogen (secondary N) is 1. The molecule has 0 aliphatic heterocycles. The summed E-state index contributed by atoms with van der Waals surface area (Å²) >= 11 is 0. The van der Waals surface area contributed by atoms with E-state index in [2.05, 4.69) is 10.3 Å². The first kappa shape index (κ1) is 13.0. The van der Waals surface area contributed by atoms with E-state index >= 15 is 0 Å². The number of aliphatic hydroxyl groups is 1. The molecule has 98 valence electrons. The highest BCUT2D eigenvalue weighted by Gasteiger charge is 2.03. The molecule has 1 aromatic carbocycles. The number of hydrogen-bond acceptors (Lipinski definition) is 4. The van der Waals surface area contributed by atoms with Gasteiger partial charge in [0.25, 0.3) is 0 Å². The molecule has 19 heavy (non-hydrogen) atoms. The summed E-state index contributed by atoms with van der Waals surface area (Å²) in [6.45, 7) is 0.602. The van der Waals surface area contributed by atoms with Crippen molar-refractivity contribution in [2.75, 3.05) is 5.32 Å². The van der Waals surface area contributed by atoms with Crippen LogP contribution in [0.5, 0.6) is 0 Å². The zero-order valence-electron chi connectivity index (χ0n) is 10.2. The molecule has 2 rings (SSSR count). The highest BCUT2D eigenvalue weighted by molar-refractivity contribution is 5.85. The van der Waals surface area contributed by atoms with Gasteiger partial charge in [-0.25, -0.2) is 9.78 Å². The molecule has 0 unspecified atom stereocenters. The summed E-state index contributed by atoms with van der Waals surface area (Å²) < 4.78 is 0. The first-order chi connectivity index (χ1) is 9.19. The van der Waals surface area contributed by atoms with Gasteiger partial charge in [-0.1, -0.05) is 24.3 Å². The zero-order valence-corrected chi connectivity index (χ0v) is 10.2. The minimum absolute atomic E-state index is 0.0166. The number of nitrogens with zero attached hydrogens (tertiary/aromatic N) is 1. The number of carboxylic acid groups (broad SMARTS) is 1. The number of benzene rings is 1. The van der Waals surface area contributed by atoms with Gasteiger partial charge >= 0.3 is 5.97 Å². The lowest BCUT2D eigenvalue weighted by Crippen LogP contribution is -2.03. The molecule has 0 saturated carbocycles. The molecule has 0 atom stereocenters. The SMILES string of the molecule is O=C(O)c1ccc(NCc2cccc(CO)c2)cn1. The molecule has 1 heterocycles. The van der Waals surface area contributed by atoms with Crippen molar-refractivity contribution in [2.45, 2.75) is 13.2 Å².